The van der Waals surface area contributed by atoms with E-state index >= 15 is 0 Å². The fraction of sp³-hybridized carbons (Fsp3) is 0.200. The third-order valence-electron chi connectivity index (χ3n) is 3.55. The summed E-state index contributed by atoms with van der Waals surface area (Å²) in [5.74, 6) is -0.880. The second-order valence-corrected chi connectivity index (χ2v) is 9.12. The number of rotatable bonds is 2. The molecule has 0 spiro atoms. The molecule has 1 aromatic rings. The molecule has 1 aromatic carbocycles. The van der Waals surface area contributed by atoms with Crippen LogP contribution in [0.3, 0.4) is 0 Å². The number of aliphatic imine (C=N–C) groups is 1. The van der Waals surface area contributed by atoms with E-state index in [0.717, 1.165) is 16.8 Å². The van der Waals surface area contributed by atoms with Gasteiger partial charge in [0, 0.05) is 5.02 Å². The van der Waals surface area contributed by atoms with Crippen molar-refractivity contribution >= 4 is 61.5 Å². The third-order valence-corrected chi connectivity index (χ3v) is 6.64. The molecule has 1 N–H and O–H groups in total. The average molecular weight is 397 g/mol. The Bertz CT molecular complexity index is 963. The van der Waals surface area contributed by atoms with Gasteiger partial charge in [0.15, 0.2) is 0 Å². The van der Waals surface area contributed by atoms with Crippen molar-refractivity contribution in [2.75, 3.05) is 0 Å². The number of nitrogens with one attached hydrogen (secondary N) is 1. The normalized spacial score (nSPS) is 19.4. The second-order valence-electron chi connectivity index (χ2n) is 5.55. The van der Waals surface area contributed by atoms with E-state index in [1.807, 2.05) is 0 Å². The lowest BCUT2D eigenvalue weighted by Crippen LogP contribution is -2.46. The number of hydrogen-bond donors (Lipinski definition) is 1. The number of benzene rings is 1. The molecule has 0 aromatic heterocycles. The van der Waals surface area contributed by atoms with E-state index in [9.17, 15) is 13.2 Å². The highest BCUT2D eigenvalue weighted by atomic mass is 35.5. The monoisotopic (exact) mass is 396 g/mol. The molecule has 25 heavy (non-hydrogen) atoms. The molecule has 3 rings (SSSR count). The molecule has 0 unspecified atom stereocenters. The Morgan fingerprint density at radius 2 is 1.92 bits per heavy atom. The summed E-state index contributed by atoms with van der Waals surface area (Å²) in [5.41, 5.74) is 0.633. The van der Waals surface area contributed by atoms with Crippen molar-refractivity contribution in [3.8, 4) is 0 Å². The van der Waals surface area contributed by atoms with Crippen molar-refractivity contribution in [1.29, 1.82) is 5.41 Å². The summed E-state index contributed by atoms with van der Waals surface area (Å²) >= 11 is 6.61. The fourth-order valence-corrected chi connectivity index (χ4v) is 4.31. The molecule has 130 valence electrons. The van der Waals surface area contributed by atoms with E-state index < -0.39 is 21.0 Å². The SMILES string of the molecule is CC(C)S(=O)(=O)C1=NSC2=NC(=O)/C(=C\c3ccc(Cl)cc3)C(=N)N21. The highest BCUT2D eigenvalue weighted by molar-refractivity contribution is 8.16. The summed E-state index contributed by atoms with van der Waals surface area (Å²) in [7, 11) is -3.72. The van der Waals surface area contributed by atoms with Gasteiger partial charge in [-0.3, -0.25) is 10.2 Å². The molecule has 1 amide bonds. The number of fused-ring (bicyclic) bond motifs is 1. The smallest absolute Gasteiger partial charge is 0.283 e. The van der Waals surface area contributed by atoms with Gasteiger partial charge in [0.2, 0.25) is 20.2 Å². The van der Waals surface area contributed by atoms with Gasteiger partial charge < -0.3 is 0 Å². The third kappa shape index (κ3) is 3.14. The zero-order chi connectivity index (χ0) is 18.4. The van der Waals surface area contributed by atoms with Crippen LogP contribution >= 0.6 is 23.5 Å². The Hall–Kier alpha value is -1.97. The molecule has 2 heterocycles. The Balaban J connectivity index is 2.04. The van der Waals surface area contributed by atoms with E-state index in [2.05, 4.69) is 9.39 Å². The van der Waals surface area contributed by atoms with E-state index in [-0.39, 0.29) is 21.7 Å². The Morgan fingerprint density at radius 1 is 1.28 bits per heavy atom. The van der Waals surface area contributed by atoms with Crippen molar-refractivity contribution in [3.63, 3.8) is 0 Å². The maximum absolute atomic E-state index is 12.5. The van der Waals surface area contributed by atoms with E-state index in [1.54, 1.807) is 24.3 Å². The molecule has 0 bridgehead atoms. The van der Waals surface area contributed by atoms with Crippen molar-refractivity contribution in [1.82, 2.24) is 4.90 Å². The first-order chi connectivity index (χ1) is 11.7. The molecule has 0 atom stereocenters. The average Bonchev–Trinajstić information content (AvgIpc) is 2.97. The van der Waals surface area contributed by atoms with Crippen LogP contribution in [0.4, 0.5) is 0 Å². The van der Waals surface area contributed by atoms with Gasteiger partial charge in [-0.05, 0) is 37.6 Å². The fourth-order valence-electron chi connectivity index (χ4n) is 2.12. The molecule has 7 nitrogen and oxygen atoms in total. The van der Waals surface area contributed by atoms with Crippen molar-refractivity contribution < 1.29 is 13.2 Å². The highest BCUT2D eigenvalue weighted by Crippen LogP contribution is 2.31. The first-order valence-corrected chi connectivity index (χ1v) is 9.90. The summed E-state index contributed by atoms with van der Waals surface area (Å²) in [6.07, 6.45) is 1.48. The predicted octanol–water partition coefficient (Wildman–Crippen LogP) is 2.74. The van der Waals surface area contributed by atoms with Crippen LogP contribution in [0.2, 0.25) is 5.02 Å². The Labute approximate surface area is 154 Å². The predicted molar refractivity (Wildman–Crippen MR) is 101 cm³/mol. The second kappa shape index (κ2) is 6.40. The van der Waals surface area contributed by atoms with Crippen LogP contribution in [0.5, 0.6) is 0 Å². The molecule has 2 aliphatic heterocycles. The minimum absolute atomic E-state index is 0.0137. The first-order valence-electron chi connectivity index (χ1n) is 7.20. The van der Waals surface area contributed by atoms with Crippen LogP contribution < -0.4 is 0 Å². The lowest BCUT2D eigenvalue weighted by Gasteiger charge is -2.25. The quantitative estimate of drug-likeness (QED) is 0.611. The zero-order valence-electron chi connectivity index (χ0n) is 13.2. The molecule has 2 aliphatic rings. The number of carbonyl (C=O) groups is 1. The summed E-state index contributed by atoms with van der Waals surface area (Å²) < 4.78 is 28.8. The summed E-state index contributed by atoms with van der Waals surface area (Å²) in [6.45, 7) is 3.06. The topological polar surface area (TPSA) is 103 Å². The van der Waals surface area contributed by atoms with Gasteiger partial charge in [-0.2, -0.15) is 9.39 Å². The largest absolute Gasteiger partial charge is 0.283 e. The number of hydrogen-bond acceptors (Lipinski definition) is 6. The molecule has 10 heteroatoms. The number of amides is 1. The number of nitrogens with zero attached hydrogens (tertiary/aromatic N) is 3. The number of amidine groups is 3. The molecular weight excluding hydrogens is 384 g/mol. The van der Waals surface area contributed by atoms with Crippen molar-refractivity contribution in [2.45, 2.75) is 19.1 Å². The number of sulfone groups is 1. The minimum Gasteiger partial charge on any atom is -0.283 e. The van der Waals surface area contributed by atoms with Crippen molar-refractivity contribution in [2.24, 2.45) is 9.39 Å². The Morgan fingerprint density at radius 3 is 2.52 bits per heavy atom. The number of halogens is 1. The summed E-state index contributed by atoms with van der Waals surface area (Å²) in [4.78, 5) is 17.2. The van der Waals surface area contributed by atoms with E-state index in [0.29, 0.717) is 10.6 Å². The van der Waals surface area contributed by atoms with Crippen LogP contribution in [0.1, 0.15) is 19.4 Å². The van der Waals surface area contributed by atoms with Gasteiger partial charge >= 0.3 is 0 Å². The maximum atomic E-state index is 12.5. The maximum Gasteiger partial charge on any atom is 0.283 e. The van der Waals surface area contributed by atoms with Gasteiger partial charge in [-0.25, -0.2) is 13.3 Å². The van der Waals surface area contributed by atoms with Crippen LogP contribution in [0, 0.1) is 5.41 Å². The standard InChI is InChI=1S/C15H13ClN4O3S2/c1-8(2)25(22,23)15-19-24-14-18-13(21)11(12(17)20(14)15)7-9-3-5-10(16)6-4-9/h3-8,17H,1-2H3/b11-7-,17-12?. The first kappa shape index (κ1) is 17.8. The van der Waals surface area contributed by atoms with Crippen LogP contribution in [-0.2, 0) is 14.6 Å². The summed E-state index contributed by atoms with van der Waals surface area (Å²) in [6, 6.07) is 6.68. The van der Waals surface area contributed by atoms with Gasteiger partial charge in [-0.15, -0.1) is 0 Å². The van der Waals surface area contributed by atoms with Crippen LogP contribution in [0.15, 0.2) is 39.2 Å². The zero-order valence-corrected chi connectivity index (χ0v) is 15.6. The van der Waals surface area contributed by atoms with Crippen LogP contribution in [0.25, 0.3) is 6.08 Å². The molecule has 0 fully saturated rings. The highest BCUT2D eigenvalue weighted by Gasteiger charge is 2.43. The minimum atomic E-state index is -3.72. The van der Waals surface area contributed by atoms with Crippen molar-refractivity contribution in [3.05, 3.63) is 40.4 Å². The number of carbonyl (C=O) groups excluding carboxylic acids is 1. The molecule has 0 saturated heterocycles. The van der Waals surface area contributed by atoms with Gasteiger partial charge in [0.05, 0.1) is 22.8 Å². The van der Waals surface area contributed by atoms with E-state index in [1.165, 1.54) is 19.9 Å². The van der Waals surface area contributed by atoms with Gasteiger partial charge in [-0.1, -0.05) is 23.7 Å². The Kier molecular flexibility index (Phi) is 4.56. The van der Waals surface area contributed by atoms with Crippen LogP contribution in [-0.4, -0.2) is 40.6 Å². The molecule has 0 radical (unpaired) electrons. The lowest BCUT2D eigenvalue weighted by molar-refractivity contribution is -0.114. The lowest BCUT2D eigenvalue weighted by atomic mass is 10.1. The molecule has 0 aliphatic carbocycles. The van der Waals surface area contributed by atoms with E-state index in [4.69, 9.17) is 17.0 Å². The van der Waals surface area contributed by atoms with Gasteiger partial charge in [0.25, 0.3) is 5.91 Å². The molecule has 0 saturated carbocycles. The summed E-state index contributed by atoms with van der Waals surface area (Å²) in [5, 5.41) is 7.95. The van der Waals surface area contributed by atoms with Gasteiger partial charge in [0.1, 0.15) is 5.84 Å². The molecular formula is C15H13ClN4O3S2.